The summed E-state index contributed by atoms with van der Waals surface area (Å²) in [5.74, 6) is 0.553. The third-order valence-electron chi connectivity index (χ3n) is 6.88. The number of rotatable bonds is 4. The fourth-order valence-electron chi connectivity index (χ4n) is 4.92. The normalized spacial score (nSPS) is 18.6. The van der Waals surface area contributed by atoms with E-state index in [0.717, 1.165) is 54.0 Å². The number of amides is 1. The zero-order valence-electron chi connectivity index (χ0n) is 19.4. The van der Waals surface area contributed by atoms with Gasteiger partial charge in [0.25, 0.3) is 0 Å². The lowest BCUT2D eigenvalue weighted by Gasteiger charge is -2.38. The summed E-state index contributed by atoms with van der Waals surface area (Å²) >= 11 is 0. The molecule has 1 amide bonds. The summed E-state index contributed by atoms with van der Waals surface area (Å²) in [7, 11) is 0. The fourth-order valence-corrected chi connectivity index (χ4v) is 4.92. The minimum Gasteiger partial charge on any atom is -0.381 e. The Morgan fingerprint density at radius 2 is 2.06 bits per heavy atom. The molecule has 2 N–H and O–H groups in total. The van der Waals surface area contributed by atoms with Crippen molar-refractivity contribution in [2.75, 3.05) is 37.7 Å². The zero-order chi connectivity index (χ0) is 22.9. The Labute approximate surface area is 195 Å². The van der Waals surface area contributed by atoms with E-state index in [9.17, 15) is 10.2 Å². The number of carbonyl (C=O) groups is 1. The van der Waals surface area contributed by atoms with Gasteiger partial charge >= 0.3 is 0 Å². The first kappa shape index (κ1) is 21.6. The van der Waals surface area contributed by atoms with Crippen LogP contribution < -0.4 is 10.2 Å². The third-order valence-corrected chi connectivity index (χ3v) is 6.88. The van der Waals surface area contributed by atoms with Crippen LogP contribution in [-0.2, 0) is 16.0 Å². The molecule has 0 spiro atoms. The van der Waals surface area contributed by atoms with Gasteiger partial charge in [0.2, 0.25) is 5.91 Å². The molecule has 0 radical (unpaired) electrons. The number of fused-ring (bicyclic) bond motifs is 1. The minimum absolute atomic E-state index is 0.0573. The van der Waals surface area contributed by atoms with Crippen molar-refractivity contribution in [2.45, 2.75) is 39.2 Å². The Balaban J connectivity index is 1.46. The van der Waals surface area contributed by atoms with E-state index in [4.69, 9.17) is 4.74 Å². The van der Waals surface area contributed by atoms with Gasteiger partial charge < -0.3 is 19.9 Å². The minimum atomic E-state index is 0.0573. The molecule has 5 rings (SSSR count). The Kier molecular flexibility index (Phi) is 5.89. The number of aryl methyl sites for hydroxylation is 2. The van der Waals surface area contributed by atoms with Gasteiger partial charge in [0, 0.05) is 60.8 Å². The van der Waals surface area contributed by atoms with Crippen LogP contribution in [0.5, 0.6) is 0 Å². The molecular weight excluding hydrogens is 414 g/mol. The van der Waals surface area contributed by atoms with Gasteiger partial charge in [-0.05, 0) is 49.1 Å². The van der Waals surface area contributed by atoms with Crippen LogP contribution in [0.15, 0.2) is 47.8 Å². The van der Waals surface area contributed by atoms with Crippen LogP contribution in [0, 0.1) is 12.3 Å². The van der Waals surface area contributed by atoms with E-state index < -0.39 is 0 Å². The van der Waals surface area contributed by atoms with Gasteiger partial charge in [-0.1, -0.05) is 12.1 Å². The number of hydrogen-bond acceptors (Lipinski definition) is 5. The summed E-state index contributed by atoms with van der Waals surface area (Å²) < 4.78 is 5.33. The van der Waals surface area contributed by atoms with Crippen molar-refractivity contribution in [3.05, 3.63) is 59.1 Å². The van der Waals surface area contributed by atoms with E-state index in [0.29, 0.717) is 38.2 Å². The first-order chi connectivity index (χ1) is 16.0. The number of pyridine rings is 1. The molecule has 2 aromatic rings. The first-order valence-electron chi connectivity index (χ1n) is 11.7. The van der Waals surface area contributed by atoms with Crippen LogP contribution in [0.25, 0.3) is 11.1 Å². The first-order valence-corrected chi connectivity index (χ1v) is 11.7. The Bertz CT molecular complexity index is 1120. The summed E-state index contributed by atoms with van der Waals surface area (Å²) in [5.41, 5.74) is 7.69. The van der Waals surface area contributed by atoms with Gasteiger partial charge in [0.15, 0.2) is 0 Å². The number of aromatic nitrogens is 1. The zero-order valence-corrected chi connectivity index (χ0v) is 19.4. The van der Waals surface area contributed by atoms with E-state index in [-0.39, 0.29) is 5.91 Å². The number of benzene rings is 1. The van der Waals surface area contributed by atoms with Crippen molar-refractivity contribution < 1.29 is 9.53 Å². The molecule has 1 saturated heterocycles. The molecule has 0 atom stereocenters. The number of anilines is 1. The molecule has 33 heavy (non-hydrogen) atoms. The van der Waals surface area contributed by atoms with Gasteiger partial charge in [0.1, 0.15) is 5.84 Å². The highest BCUT2D eigenvalue weighted by Gasteiger charge is 2.31. The number of carbonyl (C=O) groups excluding carboxylic acids is 1. The van der Waals surface area contributed by atoms with Crippen LogP contribution in [0.3, 0.4) is 0 Å². The molecular formula is C26H31N5O2. The van der Waals surface area contributed by atoms with Crippen molar-refractivity contribution in [2.24, 2.45) is 0 Å². The van der Waals surface area contributed by atoms with Crippen molar-refractivity contribution in [1.82, 2.24) is 15.2 Å². The smallest absolute Gasteiger partial charge is 0.219 e. The molecule has 1 aromatic heterocycles. The largest absolute Gasteiger partial charge is 0.381 e. The van der Waals surface area contributed by atoms with E-state index in [1.165, 1.54) is 11.1 Å². The topological polar surface area (TPSA) is 81.6 Å². The van der Waals surface area contributed by atoms with Crippen molar-refractivity contribution in [1.29, 1.82) is 5.41 Å². The van der Waals surface area contributed by atoms with Crippen molar-refractivity contribution >= 4 is 17.4 Å². The van der Waals surface area contributed by atoms with E-state index in [1.807, 2.05) is 24.1 Å². The second-order valence-electron chi connectivity index (χ2n) is 9.11. The molecule has 0 aliphatic carbocycles. The van der Waals surface area contributed by atoms with Crippen LogP contribution in [0.4, 0.5) is 5.69 Å². The molecule has 7 nitrogen and oxygen atoms in total. The van der Waals surface area contributed by atoms with Crippen LogP contribution in [0.1, 0.15) is 31.0 Å². The van der Waals surface area contributed by atoms with Crippen molar-refractivity contribution in [3.63, 3.8) is 0 Å². The lowest BCUT2D eigenvalue weighted by Crippen LogP contribution is -2.50. The Morgan fingerprint density at radius 3 is 2.79 bits per heavy atom. The van der Waals surface area contributed by atoms with Gasteiger partial charge in [0.05, 0.1) is 25.8 Å². The molecule has 7 heteroatoms. The van der Waals surface area contributed by atoms with E-state index in [1.54, 1.807) is 6.92 Å². The van der Waals surface area contributed by atoms with Crippen LogP contribution in [-0.4, -0.2) is 60.5 Å². The second kappa shape index (κ2) is 8.98. The Hall–Kier alpha value is -3.19. The molecule has 3 aliphatic rings. The number of nitrogens with zero attached hydrogens (tertiary/aromatic N) is 3. The number of amidine groups is 1. The lowest BCUT2D eigenvalue weighted by molar-refractivity contribution is -0.128. The predicted molar refractivity (Wildman–Crippen MR) is 129 cm³/mol. The molecule has 1 aromatic carbocycles. The molecule has 3 aliphatic heterocycles. The second-order valence-corrected chi connectivity index (χ2v) is 9.11. The van der Waals surface area contributed by atoms with Gasteiger partial charge in [-0.25, -0.2) is 0 Å². The average molecular weight is 446 g/mol. The summed E-state index contributed by atoms with van der Waals surface area (Å²) in [4.78, 5) is 20.5. The standard InChI is InChI=1S/C26H31N5O2/c1-17-22(6-3-10-28-17)19-7-8-25-20(13-19)5-4-11-31(25)26(27)23-14-30(18(2)32)12-9-24(23)29-21-15-33-16-21/h3,6-8,10,13,21,27,29H,4-5,9,11-12,14-16H2,1-2H3. The van der Waals surface area contributed by atoms with Crippen LogP contribution in [0.2, 0.25) is 0 Å². The van der Waals surface area contributed by atoms with Gasteiger partial charge in [-0.15, -0.1) is 0 Å². The maximum atomic E-state index is 12.1. The van der Waals surface area contributed by atoms with Gasteiger partial charge in [-0.3, -0.25) is 15.2 Å². The summed E-state index contributed by atoms with van der Waals surface area (Å²) in [6.45, 7) is 7.01. The fraction of sp³-hybridized carbons (Fsp3) is 0.423. The monoisotopic (exact) mass is 445 g/mol. The molecule has 0 unspecified atom stereocenters. The molecule has 0 bridgehead atoms. The Morgan fingerprint density at radius 1 is 1.21 bits per heavy atom. The highest BCUT2D eigenvalue weighted by molar-refractivity contribution is 6.09. The van der Waals surface area contributed by atoms with Gasteiger partial charge in [-0.2, -0.15) is 0 Å². The molecule has 172 valence electrons. The molecule has 0 saturated carbocycles. The summed E-state index contributed by atoms with van der Waals surface area (Å²) in [5, 5.41) is 12.8. The van der Waals surface area contributed by atoms with E-state index in [2.05, 4.69) is 39.5 Å². The van der Waals surface area contributed by atoms with E-state index >= 15 is 0 Å². The number of nitrogens with one attached hydrogen (secondary N) is 2. The van der Waals surface area contributed by atoms with Crippen molar-refractivity contribution in [3.8, 4) is 11.1 Å². The summed E-state index contributed by atoms with van der Waals surface area (Å²) in [6, 6.07) is 10.9. The highest BCUT2D eigenvalue weighted by atomic mass is 16.5. The molecule has 4 heterocycles. The SMILES string of the molecule is CC(=O)N1CCC(NC2COC2)=C(C(=N)N2CCCc3cc(-c4cccnc4C)ccc32)C1. The predicted octanol–water partition coefficient (Wildman–Crippen LogP) is 3.28. The maximum Gasteiger partial charge on any atom is 0.219 e. The lowest BCUT2D eigenvalue weighted by atomic mass is 9.94. The number of hydrogen-bond donors (Lipinski definition) is 2. The number of ether oxygens (including phenoxy) is 1. The third kappa shape index (κ3) is 4.25. The average Bonchev–Trinajstić information content (AvgIpc) is 2.80. The highest BCUT2D eigenvalue weighted by Crippen LogP contribution is 2.34. The quantitative estimate of drug-likeness (QED) is 0.558. The summed E-state index contributed by atoms with van der Waals surface area (Å²) in [6.07, 6.45) is 4.56. The van der Waals surface area contributed by atoms with Crippen LogP contribution >= 0.6 is 0 Å². The maximum absolute atomic E-state index is 12.1. The molecule has 1 fully saturated rings.